The first-order valence-corrected chi connectivity index (χ1v) is 6.43. The standard InChI is InChI=1S/C13H16BrFO3/c1-13(2,12(16)17)6-3-7-18-11-5-4-9(14)8-10(11)15/h4-5,8H,3,6-7H2,1-2H3,(H,16,17). The van der Waals surface area contributed by atoms with Crippen molar-refractivity contribution < 1.29 is 19.0 Å². The number of carboxylic acid groups (broad SMARTS) is 1. The fourth-order valence-electron chi connectivity index (χ4n) is 1.40. The molecule has 0 spiro atoms. The van der Waals surface area contributed by atoms with E-state index in [2.05, 4.69) is 15.9 Å². The largest absolute Gasteiger partial charge is 0.491 e. The maximum Gasteiger partial charge on any atom is 0.309 e. The van der Waals surface area contributed by atoms with E-state index >= 15 is 0 Å². The lowest BCUT2D eigenvalue weighted by atomic mass is 9.88. The smallest absolute Gasteiger partial charge is 0.309 e. The Kier molecular flexibility index (Phi) is 5.14. The van der Waals surface area contributed by atoms with E-state index < -0.39 is 17.2 Å². The van der Waals surface area contributed by atoms with Crippen molar-refractivity contribution in [3.8, 4) is 5.75 Å². The molecule has 5 heteroatoms. The van der Waals surface area contributed by atoms with E-state index in [0.29, 0.717) is 23.9 Å². The minimum absolute atomic E-state index is 0.186. The Labute approximate surface area is 114 Å². The van der Waals surface area contributed by atoms with Gasteiger partial charge in [0.2, 0.25) is 0 Å². The lowest BCUT2D eigenvalue weighted by Crippen LogP contribution is -2.24. The molecule has 0 aliphatic heterocycles. The lowest BCUT2D eigenvalue weighted by Gasteiger charge is -2.18. The third-order valence-corrected chi connectivity index (χ3v) is 3.17. The van der Waals surface area contributed by atoms with Crippen LogP contribution in [0.3, 0.4) is 0 Å². The number of ether oxygens (including phenoxy) is 1. The number of carboxylic acids is 1. The van der Waals surface area contributed by atoms with Crippen molar-refractivity contribution >= 4 is 21.9 Å². The van der Waals surface area contributed by atoms with Crippen molar-refractivity contribution in [3.05, 3.63) is 28.5 Å². The molecule has 1 aromatic rings. The molecule has 0 aromatic heterocycles. The first-order chi connectivity index (χ1) is 8.33. The molecule has 0 saturated heterocycles. The van der Waals surface area contributed by atoms with E-state index in [-0.39, 0.29) is 5.75 Å². The predicted octanol–water partition coefficient (Wildman–Crippen LogP) is 3.86. The Morgan fingerprint density at radius 3 is 2.72 bits per heavy atom. The molecule has 0 heterocycles. The fraction of sp³-hybridized carbons (Fsp3) is 0.462. The maximum absolute atomic E-state index is 13.4. The predicted molar refractivity (Wildman–Crippen MR) is 70.2 cm³/mol. The Bertz CT molecular complexity index is 432. The Balaban J connectivity index is 2.41. The number of benzene rings is 1. The zero-order valence-electron chi connectivity index (χ0n) is 10.4. The van der Waals surface area contributed by atoms with Gasteiger partial charge in [0.15, 0.2) is 11.6 Å². The van der Waals surface area contributed by atoms with Gasteiger partial charge in [-0.3, -0.25) is 4.79 Å². The van der Waals surface area contributed by atoms with Gasteiger partial charge in [0.1, 0.15) is 0 Å². The molecule has 100 valence electrons. The molecular formula is C13H16BrFO3. The minimum atomic E-state index is -0.836. The Hall–Kier alpha value is -1.10. The van der Waals surface area contributed by atoms with Crippen LogP contribution in [-0.4, -0.2) is 17.7 Å². The van der Waals surface area contributed by atoms with E-state index in [4.69, 9.17) is 9.84 Å². The van der Waals surface area contributed by atoms with E-state index in [0.717, 1.165) is 0 Å². The molecule has 0 aliphatic rings. The zero-order chi connectivity index (χ0) is 13.8. The summed E-state index contributed by atoms with van der Waals surface area (Å²) in [5.41, 5.74) is -0.776. The summed E-state index contributed by atoms with van der Waals surface area (Å²) in [6, 6.07) is 4.57. The average Bonchev–Trinajstić information content (AvgIpc) is 2.26. The van der Waals surface area contributed by atoms with Crippen molar-refractivity contribution in [1.29, 1.82) is 0 Å². The van der Waals surface area contributed by atoms with Crippen LogP contribution in [0.25, 0.3) is 0 Å². The molecule has 0 radical (unpaired) electrons. The number of hydrogen-bond donors (Lipinski definition) is 1. The summed E-state index contributed by atoms with van der Waals surface area (Å²) in [6.45, 7) is 3.63. The van der Waals surface area contributed by atoms with Crippen molar-refractivity contribution in [2.75, 3.05) is 6.61 Å². The Morgan fingerprint density at radius 2 is 2.17 bits per heavy atom. The summed E-state index contributed by atoms with van der Waals surface area (Å²) >= 11 is 3.16. The van der Waals surface area contributed by atoms with Gasteiger partial charge in [0, 0.05) is 4.47 Å². The monoisotopic (exact) mass is 318 g/mol. The quantitative estimate of drug-likeness (QED) is 0.810. The average molecular weight is 319 g/mol. The first-order valence-electron chi connectivity index (χ1n) is 5.64. The van der Waals surface area contributed by atoms with Gasteiger partial charge in [-0.1, -0.05) is 15.9 Å². The highest BCUT2D eigenvalue weighted by Crippen LogP contribution is 2.24. The van der Waals surface area contributed by atoms with Gasteiger partial charge in [0.05, 0.1) is 12.0 Å². The molecule has 0 saturated carbocycles. The van der Waals surface area contributed by atoms with Gasteiger partial charge in [-0.25, -0.2) is 4.39 Å². The molecule has 0 bridgehead atoms. The van der Waals surface area contributed by atoms with E-state index in [1.165, 1.54) is 6.07 Å². The molecular weight excluding hydrogens is 303 g/mol. The minimum Gasteiger partial charge on any atom is -0.491 e. The second kappa shape index (κ2) is 6.18. The third-order valence-electron chi connectivity index (χ3n) is 2.68. The van der Waals surface area contributed by atoms with Crippen LogP contribution in [0.1, 0.15) is 26.7 Å². The topological polar surface area (TPSA) is 46.5 Å². The summed E-state index contributed by atoms with van der Waals surface area (Å²) < 4.78 is 19.3. The van der Waals surface area contributed by atoms with Crippen LogP contribution in [0.5, 0.6) is 5.75 Å². The highest BCUT2D eigenvalue weighted by molar-refractivity contribution is 9.10. The molecule has 0 aliphatic carbocycles. The van der Waals surface area contributed by atoms with Gasteiger partial charge in [-0.2, -0.15) is 0 Å². The van der Waals surface area contributed by atoms with Crippen LogP contribution >= 0.6 is 15.9 Å². The SMILES string of the molecule is CC(C)(CCCOc1ccc(Br)cc1F)C(=O)O. The van der Waals surface area contributed by atoms with E-state index in [9.17, 15) is 9.18 Å². The van der Waals surface area contributed by atoms with Crippen LogP contribution in [0, 0.1) is 11.2 Å². The van der Waals surface area contributed by atoms with Crippen LogP contribution in [0.2, 0.25) is 0 Å². The van der Waals surface area contributed by atoms with Gasteiger partial charge in [-0.05, 0) is 44.9 Å². The summed E-state index contributed by atoms with van der Waals surface area (Å²) in [7, 11) is 0. The summed E-state index contributed by atoms with van der Waals surface area (Å²) in [5.74, 6) is -1.08. The summed E-state index contributed by atoms with van der Waals surface area (Å²) in [6.07, 6.45) is 1.05. The second-order valence-electron chi connectivity index (χ2n) is 4.72. The van der Waals surface area contributed by atoms with Crippen molar-refractivity contribution in [2.24, 2.45) is 5.41 Å². The molecule has 1 N–H and O–H groups in total. The molecule has 0 unspecified atom stereocenters. The fourth-order valence-corrected chi connectivity index (χ4v) is 1.73. The summed E-state index contributed by atoms with van der Waals surface area (Å²) in [5, 5.41) is 8.93. The van der Waals surface area contributed by atoms with Gasteiger partial charge >= 0.3 is 5.97 Å². The van der Waals surface area contributed by atoms with Gasteiger partial charge in [-0.15, -0.1) is 0 Å². The van der Waals surface area contributed by atoms with E-state index in [1.807, 2.05) is 0 Å². The molecule has 1 aromatic carbocycles. The maximum atomic E-state index is 13.4. The molecule has 3 nitrogen and oxygen atoms in total. The number of rotatable bonds is 6. The molecule has 0 amide bonds. The van der Waals surface area contributed by atoms with Gasteiger partial charge in [0.25, 0.3) is 0 Å². The zero-order valence-corrected chi connectivity index (χ0v) is 12.0. The van der Waals surface area contributed by atoms with Crippen LogP contribution < -0.4 is 4.74 Å². The van der Waals surface area contributed by atoms with Crippen LogP contribution in [0.15, 0.2) is 22.7 Å². The van der Waals surface area contributed by atoms with E-state index in [1.54, 1.807) is 26.0 Å². The van der Waals surface area contributed by atoms with Crippen LogP contribution in [0.4, 0.5) is 4.39 Å². The third kappa shape index (κ3) is 4.29. The first kappa shape index (κ1) is 15.0. The van der Waals surface area contributed by atoms with Crippen LogP contribution in [-0.2, 0) is 4.79 Å². The normalized spacial score (nSPS) is 11.3. The van der Waals surface area contributed by atoms with Crippen molar-refractivity contribution in [3.63, 3.8) is 0 Å². The Morgan fingerprint density at radius 1 is 1.50 bits per heavy atom. The number of halogens is 2. The van der Waals surface area contributed by atoms with Crippen molar-refractivity contribution in [1.82, 2.24) is 0 Å². The van der Waals surface area contributed by atoms with Crippen molar-refractivity contribution in [2.45, 2.75) is 26.7 Å². The molecule has 18 heavy (non-hydrogen) atoms. The highest BCUT2D eigenvalue weighted by atomic mass is 79.9. The van der Waals surface area contributed by atoms with Gasteiger partial charge < -0.3 is 9.84 Å². The number of carbonyl (C=O) groups is 1. The molecule has 1 rings (SSSR count). The second-order valence-corrected chi connectivity index (χ2v) is 5.63. The number of aliphatic carboxylic acids is 1. The number of hydrogen-bond acceptors (Lipinski definition) is 2. The summed E-state index contributed by atoms with van der Waals surface area (Å²) in [4.78, 5) is 10.9. The molecule has 0 atom stereocenters. The highest BCUT2D eigenvalue weighted by Gasteiger charge is 2.26. The molecule has 0 fully saturated rings. The lowest BCUT2D eigenvalue weighted by molar-refractivity contribution is -0.147.